The summed E-state index contributed by atoms with van der Waals surface area (Å²) in [6.45, 7) is 5.19. The maximum Gasteiger partial charge on any atom is 0.305 e. The summed E-state index contributed by atoms with van der Waals surface area (Å²) in [6.07, 6.45) is 54.0. The van der Waals surface area contributed by atoms with Crippen molar-refractivity contribution in [3.05, 3.63) is 24.3 Å². The summed E-state index contributed by atoms with van der Waals surface area (Å²) in [5.74, 6) is 0.0195. The van der Waals surface area contributed by atoms with Crippen LogP contribution in [0.5, 0.6) is 0 Å². The molecule has 0 N–H and O–H groups in total. The second-order valence-corrected chi connectivity index (χ2v) is 13.6. The Morgan fingerprint density at radius 3 is 0.977 bits per heavy atom. The van der Waals surface area contributed by atoms with Crippen molar-refractivity contribution in [3.8, 4) is 0 Å². The summed E-state index contributed by atoms with van der Waals surface area (Å²) >= 11 is 0. The van der Waals surface area contributed by atoms with Gasteiger partial charge in [0.15, 0.2) is 0 Å². The summed E-state index contributed by atoms with van der Waals surface area (Å²) in [7, 11) is 0. The Kier molecular flexibility index (Phi) is 39.0. The van der Waals surface area contributed by atoms with E-state index in [1.807, 2.05) is 0 Å². The van der Waals surface area contributed by atoms with Crippen molar-refractivity contribution >= 4 is 5.97 Å². The van der Waals surface area contributed by atoms with Crippen molar-refractivity contribution in [1.82, 2.24) is 0 Å². The monoisotopic (exact) mass is 617 g/mol. The fourth-order valence-corrected chi connectivity index (χ4v) is 6.01. The van der Waals surface area contributed by atoms with E-state index in [0.29, 0.717) is 13.0 Å². The van der Waals surface area contributed by atoms with Crippen molar-refractivity contribution in [2.45, 2.75) is 232 Å². The minimum Gasteiger partial charge on any atom is -0.466 e. The van der Waals surface area contributed by atoms with E-state index >= 15 is 0 Å². The summed E-state index contributed by atoms with van der Waals surface area (Å²) in [5.41, 5.74) is 0. The second-order valence-electron chi connectivity index (χ2n) is 13.6. The highest BCUT2D eigenvalue weighted by molar-refractivity contribution is 5.69. The van der Waals surface area contributed by atoms with Gasteiger partial charge in [0.2, 0.25) is 0 Å². The summed E-state index contributed by atoms with van der Waals surface area (Å²) in [4.78, 5) is 12.0. The zero-order valence-electron chi connectivity index (χ0n) is 30.4. The van der Waals surface area contributed by atoms with Gasteiger partial charge in [-0.3, -0.25) is 4.79 Å². The molecule has 0 aliphatic carbocycles. The third kappa shape index (κ3) is 39.0. The van der Waals surface area contributed by atoms with Crippen LogP contribution in [0.4, 0.5) is 0 Å². The SMILES string of the molecule is CCCCCCCCC=CCCCCCCCCCCCCOC(=O)CCCCCCCCCC=CCCCCCCCC. The van der Waals surface area contributed by atoms with Crippen LogP contribution in [0.25, 0.3) is 0 Å². The maximum atomic E-state index is 12.0. The third-order valence-electron chi connectivity index (χ3n) is 9.06. The Labute approximate surface area is 278 Å². The number of unbranched alkanes of at least 4 members (excludes halogenated alkanes) is 29. The van der Waals surface area contributed by atoms with Gasteiger partial charge in [-0.05, 0) is 64.2 Å². The average molecular weight is 617 g/mol. The number of hydrogen-bond donors (Lipinski definition) is 0. The van der Waals surface area contributed by atoms with E-state index < -0.39 is 0 Å². The van der Waals surface area contributed by atoms with Crippen molar-refractivity contribution in [1.29, 1.82) is 0 Å². The number of rotatable bonds is 37. The lowest BCUT2D eigenvalue weighted by Gasteiger charge is -2.05. The molecule has 260 valence electrons. The van der Waals surface area contributed by atoms with Gasteiger partial charge in [0.1, 0.15) is 0 Å². The molecule has 0 unspecified atom stereocenters. The van der Waals surface area contributed by atoms with E-state index in [2.05, 4.69) is 38.2 Å². The van der Waals surface area contributed by atoms with Crippen LogP contribution in [0, 0.1) is 0 Å². The van der Waals surface area contributed by atoms with Crippen LogP contribution in [0.2, 0.25) is 0 Å². The smallest absolute Gasteiger partial charge is 0.305 e. The van der Waals surface area contributed by atoms with Gasteiger partial charge in [0, 0.05) is 6.42 Å². The minimum absolute atomic E-state index is 0.0195. The number of ether oxygens (including phenoxy) is 1. The average Bonchev–Trinajstić information content (AvgIpc) is 3.03. The molecule has 0 saturated carbocycles. The zero-order chi connectivity index (χ0) is 31.9. The lowest BCUT2D eigenvalue weighted by Crippen LogP contribution is -2.05. The highest BCUT2D eigenvalue weighted by Crippen LogP contribution is 2.14. The predicted octanol–water partition coefficient (Wildman–Crippen LogP) is 14.9. The number of allylic oxidation sites excluding steroid dienone is 4. The Bertz CT molecular complexity index is 593. The first-order valence-electron chi connectivity index (χ1n) is 20.3. The van der Waals surface area contributed by atoms with Crippen molar-refractivity contribution in [3.63, 3.8) is 0 Å². The molecule has 0 spiro atoms. The molecule has 0 heterocycles. The van der Waals surface area contributed by atoms with Gasteiger partial charge in [0.25, 0.3) is 0 Å². The fourth-order valence-electron chi connectivity index (χ4n) is 6.01. The van der Waals surface area contributed by atoms with E-state index in [1.54, 1.807) is 0 Å². The molecule has 2 heteroatoms. The number of hydrogen-bond acceptors (Lipinski definition) is 2. The Morgan fingerprint density at radius 1 is 0.364 bits per heavy atom. The van der Waals surface area contributed by atoms with Crippen LogP contribution < -0.4 is 0 Å². The number of carbonyl (C=O) groups excluding carboxylic acids is 1. The first kappa shape index (κ1) is 43.0. The summed E-state index contributed by atoms with van der Waals surface area (Å²) in [5, 5.41) is 0. The molecule has 0 aliphatic rings. The first-order valence-corrected chi connectivity index (χ1v) is 20.3. The minimum atomic E-state index is 0.0195. The van der Waals surface area contributed by atoms with Gasteiger partial charge in [-0.2, -0.15) is 0 Å². The Hall–Kier alpha value is -1.05. The largest absolute Gasteiger partial charge is 0.466 e. The zero-order valence-corrected chi connectivity index (χ0v) is 30.4. The van der Waals surface area contributed by atoms with E-state index in [0.717, 1.165) is 12.8 Å². The molecule has 0 aromatic rings. The molecule has 0 atom stereocenters. The molecule has 44 heavy (non-hydrogen) atoms. The Balaban J connectivity index is 3.21. The summed E-state index contributed by atoms with van der Waals surface area (Å²) in [6, 6.07) is 0. The van der Waals surface area contributed by atoms with Crippen molar-refractivity contribution < 1.29 is 9.53 Å². The molecule has 0 amide bonds. The molecule has 0 aliphatic heterocycles. The van der Waals surface area contributed by atoms with Crippen LogP contribution in [-0.4, -0.2) is 12.6 Å². The van der Waals surface area contributed by atoms with Crippen LogP contribution >= 0.6 is 0 Å². The lowest BCUT2D eigenvalue weighted by molar-refractivity contribution is -0.143. The van der Waals surface area contributed by atoms with Gasteiger partial charge in [0.05, 0.1) is 6.61 Å². The standard InChI is InChI=1S/C42H80O2/c1-3-5-7-9-11-13-15-17-19-21-22-23-25-27-29-31-33-35-37-39-41-44-42(43)40-38-36-34-32-30-28-26-24-20-18-16-14-12-10-8-6-4-2/h17-20H,3-16,21-41H2,1-2H3. The molecule has 0 aromatic carbocycles. The Morgan fingerprint density at radius 2 is 0.636 bits per heavy atom. The first-order chi connectivity index (χ1) is 21.8. The van der Waals surface area contributed by atoms with E-state index in [1.165, 1.54) is 199 Å². The highest BCUT2D eigenvalue weighted by atomic mass is 16.5. The lowest BCUT2D eigenvalue weighted by atomic mass is 10.1. The number of carbonyl (C=O) groups is 1. The van der Waals surface area contributed by atoms with Gasteiger partial charge in [-0.15, -0.1) is 0 Å². The number of esters is 1. The van der Waals surface area contributed by atoms with Crippen LogP contribution in [-0.2, 0) is 9.53 Å². The second kappa shape index (κ2) is 40.0. The summed E-state index contributed by atoms with van der Waals surface area (Å²) < 4.78 is 5.46. The molecule has 2 nitrogen and oxygen atoms in total. The van der Waals surface area contributed by atoms with E-state index in [-0.39, 0.29) is 5.97 Å². The molecule has 0 rings (SSSR count). The molecule has 0 aromatic heterocycles. The van der Waals surface area contributed by atoms with Crippen molar-refractivity contribution in [2.75, 3.05) is 6.61 Å². The molecule has 0 saturated heterocycles. The maximum absolute atomic E-state index is 12.0. The topological polar surface area (TPSA) is 26.3 Å². The van der Waals surface area contributed by atoms with Gasteiger partial charge >= 0.3 is 5.97 Å². The van der Waals surface area contributed by atoms with Gasteiger partial charge in [-0.1, -0.05) is 186 Å². The fraction of sp³-hybridized carbons (Fsp3) is 0.881. The van der Waals surface area contributed by atoms with Crippen LogP contribution in [0.3, 0.4) is 0 Å². The quantitative estimate of drug-likeness (QED) is 0.0394. The van der Waals surface area contributed by atoms with Crippen LogP contribution in [0.1, 0.15) is 232 Å². The highest BCUT2D eigenvalue weighted by Gasteiger charge is 2.02. The third-order valence-corrected chi connectivity index (χ3v) is 9.06. The molecule has 0 radical (unpaired) electrons. The van der Waals surface area contributed by atoms with Crippen LogP contribution in [0.15, 0.2) is 24.3 Å². The van der Waals surface area contributed by atoms with E-state index in [9.17, 15) is 4.79 Å². The van der Waals surface area contributed by atoms with E-state index in [4.69, 9.17) is 4.74 Å². The predicted molar refractivity (Wildman–Crippen MR) is 198 cm³/mol. The van der Waals surface area contributed by atoms with Gasteiger partial charge in [-0.25, -0.2) is 0 Å². The molecular formula is C42H80O2. The van der Waals surface area contributed by atoms with Gasteiger partial charge < -0.3 is 4.74 Å². The normalized spacial score (nSPS) is 11.8. The molecule has 0 bridgehead atoms. The molecule has 0 fully saturated rings. The molecular weight excluding hydrogens is 536 g/mol. The van der Waals surface area contributed by atoms with Crippen molar-refractivity contribution in [2.24, 2.45) is 0 Å².